The van der Waals surface area contributed by atoms with Crippen LogP contribution >= 0.6 is 0 Å². The topological polar surface area (TPSA) is 214 Å². The Bertz CT molecular complexity index is 2570. The Labute approximate surface area is 351 Å². The van der Waals surface area contributed by atoms with Gasteiger partial charge in [-0.2, -0.15) is 20.5 Å². The second kappa shape index (κ2) is 18.3. The Morgan fingerprint density at radius 3 is 1.52 bits per heavy atom. The Hall–Kier alpha value is -7.28. The van der Waals surface area contributed by atoms with Crippen LogP contribution in [0.3, 0.4) is 0 Å². The molecule has 2 saturated heterocycles. The standard InChI is InChI=1S/C22H22N6O3.C21H20N6O3/c23-7-3-17-14-25-21(15-1-2-18-19(13-15)31-12-11-30-18)28(17)20-4-8-24-22(27-20)26-16-5-9-29-10-6-16;22-7-3-16-12-24-20(14-1-2-17-18(11-14)30-13-29-17)27(16)19-4-8-23-21(26-19)25-15-5-9-28-10-6-15/h1-2,4,8,13-14,16H,3,5-6,9-12H2,(H,24,26,27);1-2,4,8,11-12,15H,3,5-6,9-10,13H2,(H,23,25,26). The summed E-state index contributed by atoms with van der Waals surface area (Å²) in [5, 5.41) is 25.4. The van der Waals surface area contributed by atoms with Gasteiger partial charge in [0.25, 0.3) is 0 Å². The number of imidazole rings is 2. The maximum atomic E-state index is 9.32. The van der Waals surface area contributed by atoms with Crippen molar-refractivity contribution >= 4 is 11.9 Å². The fourth-order valence-electron chi connectivity index (χ4n) is 7.46. The second-order valence-corrected chi connectivity index (χ2v) is 14.5. The van der Waals surface area contributed by atoms with Gasteiger partial charge < -0.3 is 39.1 Å². The molecule has 2 aromatic carbocycles. The van der Waals surface area contributed by atoms with Gasteiger partial charge in [-0.25, -0.2) is 19.9 Å². The van der Waals surface area contributed by atoms with Crippen LogP contribution in [0.15, 0.2) is 73.3 Å². The van der Waals surface area contributed by atoms with Crippen molar-refractivity contribution in [1.82, 2.24) is 39.0 Å². The average Bonchev–Trinajstić information content (AvgIpc) is 4.07. The zero-order valence-electron chi connectivity index (χ0n) is 33.2. The van der Waals surface area contributed by atoms with Crippen LogP contribution in [-0.4, -0.2) is 97.6 Å². The van der Waals surface area contributed by atoms with Gasteiger partial charge in [-0.1, -0.05) is 0 Å². The zero-order chi connectivity index (χ0) is 41.4. The summed E-state index contributed by atoms with van der Waals surface area (Å²) in [6.07, 6.45) is 10.9. The van der Waals surface area contributed by atoms with Gasteiger partial charge >= 0.3 is 0 Å². The molecular formula is C43H42N12O6. The van der Waals surface area contributed by atoms with E-state index in [1.165, 1.54) is 0 Å². The van der Waals surface area contributed by atoms with E-state index in [0.29, 0.717) is 65.6 Å². The van der Waals surface area contributed by atoms with Gasteiger partial charge in [0.1, 0.15) is 36.5 Å². The highest BCUT2D eigenvalue weighted by atomic mass is 16.7. The van der Waals surface area contributed by atoms with E-state index >= 15 is 0 Å². The number of hydrogen-bond acceptors (Lipinski definition) is 16. The fourth-order valence-corrected chi connectivity index (χ4v) is 7.46. The summed E-state index contributed by atoms with van der Waals surface area (Å²) in [5.74, 6) is 6.54. The van der Waals surface area contributed by atoms with Gasteiger partial charge in [0.15, 0.2) is 23.0 Å². The number of anilines is 2. The van der Waals surface area contributed by atoms with Crippen molar-refractivity contribution in [2.75, 3.05) is 57.1 Å². The number of nitriles is 2. The van der Waals surface area contributed by atoms with E-state index in [1.807, 2.05) is 57.7 Å². The zero-order valence-corrected chi connectivity index (χ0v) is 33.2. The lowest BCUT2D eigenvalue weighted by atomic mass is 10.1. The van der Waals surface area contributed by atoms with Gasteiger partial charge in [-0.05, 0) is 74.2 Å². The van der Waals surface area contributed by atoms with E-state index in [1.54, 1.807) is 24.8 Å². The highest BCUT2D eigenvalue weighted by Gasteiger charge is 2.22. The molecule has 0 aliphatic carbocycles. The molecule has 6 aromatic rings. The van der Waals surface area contributed by atoms with Crippen LogP contribution in [0.2, 0.25) is 0 Å². The number of rotatable bonds is 10. The molecule has 18 heteroatoms. The summed E-state index contributed by atoms with van der Waals surface area (Å²) in [4.78, 5) is 27.3. The summed E-state index contributed by atoms with van der Waals surface area (Å²) in [6, 6.07) is 20.0. The maximum Gasteiger partial charge on any atom is 0.231 e. The lowest BCUT2D eigenvalue weighted by Crippen LogP contribution is -2.28. The van der Waals surface area contributed by atoms with Crippen molar-refractivity contribution in [1.29, 1.82) is 10.5 Å². The minimum atomic E-state index is 0.208. The van der Waals surface area contributed by atoms with E-state index in [-0.39, 0.29) is 31.7 Å². The molecule has 2 fully saturated rings. The summed E-state index contributed by atoms with van der Waals surface area (Å²) in [7, 11) is 0. The molecule has 61 heavy (non-hydrogen) atoms. The molecule has 0 unspecified atom stereocenters. The molecule has 4 aromatic heterocycles. The first-order valence-corrected chi connectivity index (χ1v) is 20.2. The first-order chi connectivity index (χ1) is 30.1. The Kier molecular flexibility index (Phi) is 11.8. The van der Waals surface area contributed by atoms with E-state index in [0.717, 1.165) is 80.4 Å². The normalized spacial score (nSPS) is 15.8. The molecular weight excluding hydrogens is 781 g/mol. The van der Waals surface area contributed by atoms with Crippen LogP contribution in [0.5, 0.6) is 23.0 Å². The van der Waals surface area contributed by atoms with Gasteiger partial charge in [0, 0.05) is 62.0 Å². The van der Waals surface area contributed by atoms with Crippen LogP contribution in [0.25, 0.3) is 34.4 Å². The van der Waals surface area contributed by atoms with Crippen molar-refractivity contribution in [2.24, 2.45) is 0 Å². The average molecular weight is 823 g/mol. The number of benzene rings is 2. The first kappa shape index (κ1) is 39.2. The van der Waals surface area contributed by atoms with Crippen LogP contribution in [0.1, 0.15) is 37.1 Å². The molecule has 10 rings (SSSR count). The summed E-state index contributed by atoms with van der Waals surface area (Å²) in [5.41, 5.74) is 3.20. The SMILES string of the molecule is N#CCc1cnc(-c2ccc3c(c2)OCCO3)n1-c1ccnc(NC2CCOCC2)n1.N#CCc1cnc(-c2ccc3c(c2)OCO3)n1-c1ccnc(NC2CCOCC2)n1. The second-order valence-electron chi connectivity index (χ2n) is 14.5. The molecule has 0 atom stereocenters. The van der Waals surface area contributed by atoms with Crippen molar-refractivity contribution < 1.29 is 28.4 Å². The third-order valence-electron chi connectivity index (χ3n) is 10.5. The predicted octanol–water partition coefficient (Wildman–Crippen LogP) is 5.47. The quantitative estimate of drug-likeness (QED) is 0.175. The lowest BCUT2D eigenvalue weighted by molar-refractivity contribution is 0.0902. The molecule has 310 valence electrons. The number of fused-ring (bicyclic) bond motifs is 2. The molecule has 0 radical (unpaired) electrons. The highest BCUT2D eigenvalue weighted by Crippen LogP contribution is 2.37. The molecule has 2 N–H and O–H groups in total. The van der Waals surface area contributed by atoms with Gasteiger partial charge in [0.2, 0.25) is 18.7 Å². The smallest absolute Gasteiger partial charge is 0.231 e. The highest BCUT2D eigenvalue weighted by molar-refractivity contribution is 5.65. The molecule has 18 nitrogen and oxygen atoms in total. The van der Waals surface area contributed by atoms with E-state index in [9.17, 15) is 10.5 Å². The largest absolute Gasteiger partial charge is 0.486 e. The van der Waals surface area contributed by atoms with E-state index < -0.39 is 0 Å². The van der Waals surface area contributed by atoms with Crippen LogP contribution in [0.4, 0.5) is 11.9 Å². The Morgan fingerprint density at radius 1 is 0.557 bits per heavy atom. The van der Waals surface area contributed by atoms with Crippen molar-refractivity contribution in [3.8, 4) is 69.5 Å². The molecule has 0 spiro atoms. The number of ether oxygens (including phenoxy) is 6. The maximum absolute atomic E-state index is 9.32. The summed E-state index contributed by atoms with van der Waals surface area (Å²) in [6.45, 7) is 4.20. The van der Waals surface area contributed by atoms with E-state index in [4.69, 9.17) is 38.4 Å². The monoisotopic (exact) mass is 822 g/mol. The fraction of sp³-hybridized carbons (Fsp3) is 0.349. The lowest BCUT2D eigenvalue weighted by Gasteiger charge is -2.23. The number of hydrogen-bond donors (Lipinski definition) is 2. The van der Waals surface area contributed by atoms with Crippen molar-refractivity contribution in [3.63, 3.8) is 0 Å². The number of nitrogens with zero attached hydrogens (tertiary/aromatic N) is 10. The number of aromatic nitrogens is 8. The van der Waals surface area contributed by atoms with Gasteiger partial charge in [0.05, 0.1) is 48.8 Å². The third kappa shape index (κ3) is 8.86. The molecule has 0 amide bonds. The molecule has 0 bridgehead atoms. The Balaban J connectivity index is 0.000000156. The molecule has 8 heterocycles. The molecule has 4 aliphatic heterocycles. The predicted molar refractivity (Wildman–Crippen MR) is 220 cm³/mol. The van der Waals surface area contributed by atoms with E-state index in [2.05, 4.69) is 42.7 Å². The van der Waals surface area contributed by atoms with Crippen LogP contribution < -0.4 is 29.6 Å². The van der Waals surface area contributed by atoms with Gasteiger partial charge in [-0.3, -0.25) is 9.13 Å². The minimum absolute atomic E-state index is 0.208. The Morgan fingerprint density at radius 2 is 1.02 bits per heavy atom. The van der Waals surface area contributed by atoms with Crippen LogP contribution in [-0.2, 0) is 22.3 Å². The van der Waals surface area contributed by atoms with Crippen LogP contribution in [0, 0.1) is 22.7 Å². The summed E-state index contributed by atoms with van der Waals surface area (Å²) < 4.78 is 36.9. The minimum Gasteiger partial charge on any atom is -0.486 e. The third-order valence-corrected chi connectivity index (χ3v) is 10.5. The molecule has 4 aliphatic rings. The molecule has 0 saturated carbocycles. The number of nitrogens with one attached hydrogen (secondary N) is 2. The summed E-state index contributed by atoms with van der Waals surface area (Å²) >= 11 is 0. The van der Waals surface area contributed by atoms with Crippen molar-refractivity contribution in [3.05, 3.63) is 84.7 Å². The van der Waals surface area contributed by atoms with Crippen molar-refractivity contribution in [2.45, 2.75) is 50.6 Å². The first-order valence-electron chi connectivity index (χ1n) is 20.2. The van der Waals surface area contributed by atoms with Gasteiger partial charge in [-0.15, -0.1) is 0 Å².